The number of nitrogens with zero attached hydrogens (tertiary/aromatic N) is 3. The van der Waals surface area contributed by atoms with Gasteiger partial charge in [0.05, 0.1) is 17.5 Å². The Bertz CT molecular complexity index is 681. The monoisotopic (exact) mass is 342 g/mol. The molecule has 0 saturated carbocycles. The Morgan fingerprint density at radius 2 is 2.26 bits per heavy atom. The van der Waals surface area contributed by atoms with Gasteiger partial charge in [-0.3, -0.25) is 4.79 Å². The Hall–Kier alpha value is -2.00. The Labute approximate surface area is 136 Å². The smallest absolute Gasteiger partial charge is 0.237 e. The van der Waals surface area contributed by atoms with Crippen LogP contribution in [-0.4, -0.2) is 39.6 Å². The maximum atomic E-state index is 13.6. The largest absolute Gasteiger partial charge is 0.383 e. The van der Waals surface area contributed by atoms with Gasteiger partial charge >= 0.3 is 0 Å². The van der Waals surface area contributed by atoms with E-state index in [1.54, 1.807) is 24.9 Å². The highest BCUT2D eigenvalue weighted by Crippen LogP contribution is 2.23. The fourth-order valence-corrected chi connectivity index (χ4v) is 2.57. The number of halogens is 2. The maximum absolute atomic E-state index is 13.6. The number of carbonyl (C=O) groups is 1. The van der Waals surface area contributed by atoms with Crippen molar-refractivity contribution in [2.45, 2.75) is 23.9 Å². The summed E-state index contributed by atoms with van der Waals surface area (Å²) >= 11 is 1.19. The van der Waals surface area contributed by atoms with Crippen LogP contribution in [-0.2, 0) is 16.1 Å². The molecule has 23 heavy (non-hydrogen) atoms. The highest BCUT2D eigenvalue weighted by molar-refractivity contribution is 8.00. The van der Waals surface area contributed by atoms with Crippen molar-refractivity contribution in [2.24, 2.45) is 0 Å². The highest BCUT2D eigenvalue weighted by atomic mass is 32.2. The average Bonchev–Trinajstić information content (AvgIpc) is 2.95. The molecule has 0 bridgehead atoms. The number of carbonyl (C=O) groups excluding carboxylic acids is 1. The third-order valence-electron chi connectivity index (χ3n) is 2.96. The van der Waals surface area contributed by atoms with Crippen molar-refractivity contribution in [2.75, 3.05) is 19.0 Å². The molecule has 1 unspecified atom stereocenters. The molecule has 0 spiro atoms. The number of benzene rings is 1. The molecule has 2 rings (SSSR count). The van der Waals surface area contributed by atoms with Crippen LogP contribution < -0.4 is 5.32 Å². The summed E-state index contributed by atoms with van der Waals surface area (Å²) in [5.74, 6) is -1.94. The molecule has 2 aromatic rings. The number of hydrogen-bond donors (Lipinski definition) is 1. The lowest BCUT2D eigenvalue weighted by atomic mass is 10.3. The van der Waals surface area contributed by atoms with Crippen molar-refractivity contribution in [1.82, 2.24) is 14.8 Å². The van der Waals surface area contributed by atoms with Crippen LogP contribution in [0.3, 0.4) is 0 Å². The van der Waals surface area contributed by atoms with Crippen molar-refractivity contribution >= 4 is 23.4 Å². The number of hydrogen-bond acceptors (Lipinski definition) is 5. The van der Waals surface area contributed by atoms with E-state index in [1.165, 1.54) is 17.8 Å². The molecule has 0 aliphatic heterocycles. The molecular weight excluding hydrogens is 326 g/mol. The molecular formula is C14H16F2N4O2S. The third kappa shape index (κ3) is 4.73. The van der Waals surface area contributed by atoms with Gasteiger partial charge < -0.3 is 14.6 Å². The number of amides is 1. The lowest BCUT2D eigenvalue weighted by Gasteiger charge is -2.12. The predicted molar refractivity (Wildman–Crippen MR) is 82.2 cm³/mol. The Morgan fingerprint density at radius 3 is 2.96 bits per heavy atom. The number of ether oxygens (including phenoxy) is 1. The van der Waals surface area contributed by atoms with Gasteiger partial charge in [0.2, 0.25) is 5.91 Å². The number of rotatable bonds is 7. The molecule has 1 N–H and O–H groups in total. The summed E-state index contributed by atoms with van der Waals surface area (Å²) in [5, 5.41) is 10.2. The summed E-state index contributed by atoms with van der Waals surface area (Å²) in [6.45, 7) is 2.72. The summed E-state index contributed by atoms with van der Waals surface area (Å²) in [6, 6.07) is 2.98. The topological polar surface area (TPSA) is 69.0 Å². The second-order valence-corrected chi connectivity index (χ2v) is 5.98. The first kappa shape index (κ1) is 17.4. The van der Waals surface area contributed by atoms with E-state index in [0.29, 0.717) is 18.3 Å². The molecule has 124 valence electrons. The molecule has 1 aromatic heterocycles. The van der Waals surface area contributed by atoms with E-state index < -0.39 is 22.8 Å². The van der Waals surface area contributed by atoms with Gasteiger partial charge in [0.15, 0.2) is 5.16 Å². The number of aromatic nitrogens is 3. The lowest BCUT2D eigenvalue weighted by Crippen LogP contribution is -2.23. The van der Waals surface area contributed by atoms with Gasteiger partial charge in [-0.2, -0.15) is 0 Å². The number of nitrogens with one attached hydrogen (secondary N) is 1. The number of anilines is 1. The average molecular weight is 342 g/mol. The summed E-state index contributed by atoms with van der Waals surface area (Å²) in [4.78, 5) is 12.1. The second-order valence-electron chi connectivity index (χ2n) is 4.67. The maximum Gasteiger partial charge on any atom is 0.237 e. The van der Waals surface area contributed by atoms with E-state index in [9.17, 15) is 13.6 Å². The van der Waals surface area contributed by atoms with Crippen molar-refractivity contribution in [3.63, 3.8) is 0 Å². The first-order valence-electron chi connectivity index (χ1n) is 6.80. The molecule has 0 fully saturated rings. The van der Waals surface area contributed by atoms with Crippen LogP contribution in [0.4, 0.5) is 14.5 Å². The van der Waals surface area contributed by atoms with Crippen LogP contribution in [0.25, 0.3) is 0 Å². The summed E-state index contributed by atoms with van der Waals surface area (Å²) in [7, 11) is 1.59. The van der Waals surface area contributed by atoms with Crippen LogP contribution in [0.15, 0.2) is 29.7 Å². The quantitative estimate of drug-likeness (QED) is 0.782. The fourth-order valence-electron chi connectivity index (χ4n) is 1.72. The van der Waals surface area contributed by atoms with E-state index in [-0.39, 0.29) is 5.69 Å². The van der Waals surface area contributed by atoms with Gasteiger partial charge in [-0.05, 0) is 19.1 Å². The van der Waals surface area contributed by atoms with Gasteiger partial charge in [-0.1, -0.05) is 11.8 Å². The molecule has 0 aliphatic carbocycles. The minimum atomic E-state index is -0.821. The van der Waals surface area contributed by atoms with Crippen LogP contribution in [0.5, 0.6) is 0 Å². The van der Waals surface area contributed by atoms with Crippen LogP contribution in [0.2, 0.25) is 0 Å². The minimum absolute atomic E-state index is 0.0651. The van der Waals surface area contributed by atoms with Crippen molar-refractivity contribution in [3.8, 4) is 0 Å². The minimum Gasteiger partial charge on any atom is -0.383 e. The molecule has 1 aromatic carbocycles. The standard InChI is InChI=1S/C14H16F2N4O2S/c1-9(23-14-19-17-8-20(14)5-6-22-2)13(21)18-12-4-3-10(15)7-11(12)16/h3-4,7-9H,5-6H2,1-2H3,(H,18,21). The fraction of sp³-hybridized carbons (Fsp3) is 0.357. The first-order chi connectivity index (χ1) is 11.0. The molecule has 6 nitrogen and oxygen atoms in total. The van der Waals surface area contributed by atoms with Gasteiger partial charge in [0, 0.05) is 19.7 Å². The summed E-state index contributed by atoms with van der Waals surface area (Å²) < 4.78 is 33.2. The lowest BCUT2D eigenvalue weighted by molar-refractivity contribution is -0.115. The number of thioether (sulfide) groups is 1. The Kier molecular flexibility index (Phi) is 6.05. The molecule has 0 radical (unpaired) electrons. The molecule has 0 aliphatic rings. The SMILES string of the molecule is COCCn1cnnc1SC(C)C(=O)Nc1ccc(F)cc1F. The van der Waals surface area contributed by atoms with Crippen molar-refractivity contribution in [3.05, 3.63) is 36.2 Å². The van der Waals surface area contributed by atoms with E-state index >= 15 is 0 Å². The Balaban J connectivity index is 1.98. The highest BCUT2D eigenvalue weighted by Gasteiger charge is 2.19. The molecule has 0 saturated heterocycles. The zero-order valence-electron chi connectivity index (χ0n) is 12.6. The first-order valence-corrected chi connectivity index (χ1v) is 7.68. The van der Waals surface area contributed by atoms with Gasteiger partial charge in [-0.25, -0.2) is 8.78 Å². The van der Waals surface area contributed by atoms with Crippen molar-refractivity contribution in [1.29, 1.82) is 0 Å². The normalized spacial score (nSPS) is 12.2. The summed E-state index contributed by atoms with van der Waals surface area (Å²) in [5.41, 5.74) is -0.0651. The molecule has 9 heteroatoms. The van der Waals surface area contributed by atoms with E-state index in [1.807, 2.05) is 0 Å². The van der Waals surface area contributed by atoms with E-state index in [4.69, 9.17) is 4.74 Å². The van der Waals surface area contributed by atoms with Crippen LogP contribution in [0, 0.1) is 11.6 Å². The van der Waals surface area contributed by atoms with Crippen LogP contribution in [0.1, 0.15) is 6.92 Å². The van der Waals surface area contributed by atoms with E-state index in [2.05, 4.69) is 15.5 Å². The van der Waals surface area contributed by atoms with Crippen molar-refractivity contribution < 1.29 is 18.3 Å². The summed E-state index contributed by atoms with van der Waals surface area (Å²) in [6.07, 6.45) is 1.55. The van der Waals surface area contributed by atoms with E-state index in [0.717, 1.165) is 12.1 Å². The van der Waals surface area contributed by atoms with Gasteiger partial charge in [0.1, 0.15) is 18.0 Å². The molecule has 1 heterocycles. The predicted octanol–water partition coefficient (Wildman–Crippen LogP) is 2.32. The number of methoxy groups -OCH3 is 1. The molecule has 1 atom stereocenters. The third-order valence-corrected chi connectivity index (χ3v) is 4.05. The Morgan fingerprint density at radius 1 is 1.48 bits per heavy atom. The zero-order valence-corrected chi connectivity index (χ0v) is 13.4. The second kappa shape index (κ2) is 8.02. The van der Waals surface area contributed by atoms with Crippen LogP contribution >= 0.6 is 11.8 Å². The van der Waals surface area contributed by atoms with Gasteiger partial charge in [0.25, 0.3) is 0 Å². The molecule has 1 amide bonds. The zero-order chi connectivity index (χ0) is 16.8. The van der Waals surface area contributed by atoms with Gasteiger partial charge in [-0.15, -0.1) is 10.2 Å².